The highest BCUT2D eigenvalue weighted by molar-refractivity contribution is 5.84. The third kappa shape index (κ3) is 3.47. The van der Waals surface area contributed by atoms with Crippen molar-refractivity contribution in [3.8, 4) is 5.75 Å². The lowest BCUT2D eigenvalue weighted by Crippen LogP contribution is -2.38. The first kappa shape index (κ1) is 15.0. The van der Waals surface area contributed by atoms with E-state index in [0.29, 0.717) is 24.3 Å². The predicted octanol–water partition coefficient (Wildman–Crippen LogP) is 2.08. The number of carbonyl (C=O) groups excluding carboxylic acids is 1. The molecule has 0 aliphatic rings. The highest BCUT2D eigenvalue weighted by atomic mass is 16.5. The van der Waals surface area contributed by atoms with Gasteiger partial charge in [-0.15, -0.1) is 0 Å². The maximum atomic E-state index is 11.7. The number of aliphatic carboxylic acids is 1. The van der Waals surface area contributed by atoms with Crippen molar-refractivity contribution in [2.75, 3.05) is 13.7 Å². The molecule has 0 saturated heterocycles. The summed E-state index contributed by atoms with van der Waals surface area (Å²) in [6, 6.07) is 5.84. The van der Waals surface area contributed by atoms with Crippen molar-refractivity contribution in [1.82, 2.24) is 4.90 Å². The van der Waals surface area contributed by atoms with Crippen molar-refractivity contribution < 1.29 is 19.4 Å². The minimum atomic E-state index is -1.06. The Balaban J connectivity index is 3.26. The molecule has 0 aromatic heterocycles. The molecule has 1 N–H and O–H groups in total. The number of para-hydroxylation sites is 1. The fourth-order valence-electron chi connectivity index (χ4n) is 2.04. The molecule has 0 saturated carbocycles. The largest absolute Gasteiger partial charge is 0.496 e. The Hall–Kier alpha value is -2.04. The minimum Gasteiger partial charge on any atom is -0.496 e. The molecule has 1 aromatic rings. The molecule has 0 radical (unpaired) electrons. The molecule has 1 amide bonds. The molecule has 19 heavy (non-hydrogen) atoms. The van der Waals surface area contributed by atoms with Gasteiger partial charge in [-0.05, 0) is 12.5 Å². The Kier molecular flexibility index (Phi) is 5.36. The zero-order chi connectivity index (χ0) is 14.4. The van der Waals surface area contributed by atoms with E-state index in [1.165, 1.54) is 18.9 Å². The average Bonchev–Trinajstić information content (AvgIpc) is 2.38. The van der Waals surface area contributed by atoms with Crippen LogP contribution < -0.4 is 4.74 Å². The Labute approximate surface area is 112 Å². The Morgan fingerprint density at radius 1 is 1.37 bits per heavy atom. The highest BCUT2D eigenvalue weighted by Crippen LogP contribution is 2.29. The molecule has 1 aromatic carbocycles. The molecule has 1 rings (SSSR count). The van der Waals surface area contributed by atoms with Crippen LogP contribution in [0.25, 0.3) is 0 Å². The first-order chi connectivity index (χ1) is 9.02. The van der Waals surface area contributed by atoms with Crippen molar-refractivity contribution in [2.24, 2.45) is 0 Å². The second-order valence-electron chi connectivity index (χ2n) is 4.20. The number of carboxylic acid groups (broad SMARTS) is 1. The van der Waals surface area contributed by atoms with Crippen LogP contribution in [0.5, 0.6) is 5.75 Å². The van der Waals surface area contributed by atoms with Crippen LogP contribution >= 0.6 is 0 Å². The topological polar surface area (TPSA) is 66.8 Å². The smallest absolute Gasteiger partial charge is 0.331 e. The summed E-state index contributed by atoms with van der Waals surface area (Å²) < 4.78 is 5.18. The van der Waals surface area contributed by atoms with Gasteiger partial charge in [0, 0.05) is 19.0 Å². The summed E-state index contributed by atoms with van der Waals surface area (Å²) in [6.45, 7) is 3.67. The van der Waals surface area contributed by atoms with Gasteiger partial charge in [0.1, 0.15) is 5.75 Å². The molecule has 0 heterocycles. The third-order valence-corrected chi connectivity index (χ3v) is 2.85. The van der Waals surface area contributed by atoms with Crippen LogP contribution in [-0.4, -0.2) is 35.5 Å². The Morgan fingerprint density at radius 3 is 2.47 bits per heavy atom. The maximum Gasteiger partial charge on any atom is 0.331 e. The van der Waals surface area contributed by atoms with Gasteiger partial charge in [0.15, 0.2) is 6.04 Å². The van der Waals surface area contributed by atoms with Crippen LogP contribution in [0.3, 0.4) is 0 Å². The van der Waals surface area contributed by atoms with Crippen LogP contribution in [0, 0.1) is 0 Å². The summed E-state index contributed by atoms with van der Waals surface area (Å²) in [7, 11) is 1.48. The molecule has 1 atom stereocenters. The molecule has 0 bridgehead atoms. The molecule has 5 nitrogen and oxygen atoms in total. The van der Waals surface area contributed by atoms with Gasteiger partial charge in [-0.3, -0.25) is 4.79 Å². The fourth-order valence-corrected chi connectivity index (χ4v) is 2.04. The zero-order valence-corrected chi connectivity index (χ0v) is 11.4. The lowest BCUT2D eigenvalue weighted by atomic mass is 10.0. The van der Waals surface area contributed by atoms with E-state index in [0.717, 1.165) is 0 Å². The van der Waals surface area contributed by atoms with Crippen LogP contribution in [0.1, 0.15) is 31.9 Å². The SMILES string of the molecule is CCCN(C(C)=O)C(C(=O)O)c1ccccc1OC. The lowest BCUT2D eigenvalue weighted by Gasteiger charge is -2.28. The van der Waals surface area contributed by atoms with E-state index >= 15 is 0 Å². The number of benzene rings is 1. The molecular weight excluding hydrogens is 246 g/mol. The highest BCUT2D eigenvalue weighted by Gasteiger charge is 2.31. The van der Waals surface area contributed by atoms with Crippen molar-refractivity contribution >= 4 is 11.9 Å². The second-order valence-corrected chi connectivity index (χ2v) is 4.20. The summed E-state index contributed by atoms with van der Waals surface area (Å²) in [6.07, 6.45) is 0.693. The van der Waals surface area contributed by atoms with E-state index in [4.69, 9.17) is 4.74 Å². The monoisotopic (exact) mass is 265 g/mol. The second kappa shape index (κ2) is 6.78. The van der Waals surface area contributed by atoms with Gasteiger partial charge < -0.3 is 14.7 Å². The summed E-state index contributed by atoms with van der Waals surface area (Å²) in [5.74, 6) is -0.856. The van der Waals surface area contributed by atoms with E-state index < -0.39 is 12.0 Å². The molecule has 0 aliphatic carbocycles. The average molecular weight is 265 g/mol. The minimum absolute atomic E-state index is 0.264. The summed E-state index contributed by atoms with van der Waals surface area (Å²) in [5, 5.41) is 9.44. The third-order valence-electron chi connectivity index (χ3n) is 2.85. The van der Waals surface area contributed by atoms with Crippen LogP contribution in [0.2, 0.25) is 0 Å². The molecule has 1 unspecified atom stereocenters. The number of rotatable bonds is 6. The van der Waals surface area contributed by atoms with Crippen LogP contribution in [0.4, 0.5) is 0 Å². The fraction of sp³-hybridized carbons (Fsp3) is 0.429. The summed E-state index contributed by atoms with van der Waals surface area (Å²) in [4.78, 5) is 24.6. The van der Waals surface area contributed by atoms with E-state index in [1.807, 2.05) is 6.92 Å². The number of amides is 1. The van der Waals surface area contributed by atoms with E-state index in [2.05, 4.69) is 0 Å². The zero-order valence-electron chi connectivity index (χ0n) is 11.4. The number of nitrogens with zero attached hydrogens (tertiary/aromatic N) is 1. The molecule has 0 fully saturated rings. The maximum absolute atomic E-state index is 11.7. The first-order valence-electron chi connectivity index (χ1n) is 6.15. The van der Waals surface area contributed by atoms with Crippen LogP contribution in [-0.2, 0) is 9.59 Å². The normalized spacial score (nSPS) is 11.7. The van der Waals surface area contributed by atoms with Crippen LogP contribution in [0.15, 0.2) is 24.3 Å². The number of hydrogen-bond acceptors (Lipinski definition) is 3. The van der Waals surface area contributed by atoms with Gasteiger partial charge in [0.2, 0.25) is 5.91 Å². The van der Waals surface area contributed by atoms with Gasteiger partial charge in [-0.2, -0.15) is 0 Å². The molecule has 104 valence electrons. The standard InChI is InChI=1S/C14H19NO4/c1-4-9-15(10(2)16)13(14(17)18)11-7-5-6-8-12(11)19-3/h5-8,13H,4,9H2,1-3H3,(H,17,18). The van der Waals surface area contributed by atoms with Gasteiger partial charge in [-0.1, -0.05) is 25.1 Å². The number of carbonyl (C=O) groups is 2. The van der Waals surface area contributed by atoms with Crippen molar-refractivity contribution in [1.29, 1.82) is 0 Å². The molecule has 5 heteroatoms. The quantitative estimate of drug-likeness (QED) is 0.855. The Bertz CT molecular complexity index is 459. The van der Waals surface area contributed by atoms with Gasteiger partial charge in [0.25, 0.3) is 0 Å². The van der Waals surface area contributed by atoms with E-state index in [1.54, 1.807) is 24.3 Å². The number of methoxy groups -OCH3 is 1. The van der Waals surface area contributed by atoms with E-state index in [9.17, 15) is 14.7 Å². The number of carboxylic acids is 1. The predicted molar refractivity (Wildman–Crippen MR) is 71.0 cm³/mol. The van der Waals surface area contributed by atoms with Crippen molar-refractivity contribution in [3.63, 3.8) is 0 Å². The summed E-state index contributed by atoms with van der Waals surface area (Å²) in [5.41, 5.74) is 0.487. The number of hydrogen-bond donors (Lipinski definition) is 1. The number of ether oxygens (including phenoxy) is 1. The summed E-state index contributed by atoms with van der Waals surface area (Å²) >= 11 is 0. The van der Waals surface area contributed by atoms with E-state index in [-0.39, 0.29) is 5.91 Å². The van der Waals surface area contributed by atoms with Crippen molar-refractivity contribution in [2.45, 2.75) is 26.3 Å². The van der Waals surface area contributed by atoms with Gasteiger partial charge in [-0.25, -0.2) is 4.79 Å². The van der Waals surface area contributed by atoms with Gasteiger partial charge >= 0.3 is 5.97 Å². The Morgan fingerprint density at radius 2 is 2.00 bits per heavy atom. The molecule has 0 aliphatic heterocycles. The lowest BCUT2D eigenvalue weighted by molar-refractivity contribution is -0.149. The van der Waals surface area contributed by atoms with Gasteiger partial charge in [0.05, 0.1) is 7.11 Å². The molecular formula is C14H19NO4. The first-order valence-corrected chi connectivity index (χ1v) is 6.15. The molecule has 0 spiro atoms. The van der Waals surface area contributed by atoms with Crippen molar-refractivity contribution in [3.05, 3.63) is 29.8 Å².